The van der Waals surface area contributed by atoms with E-state index in [0.29, 0.717) is 5.57 Å². The Kier molecular flexibility index (Phi) is 3.79. The Morgan fingerprint density at radius 2 is 1.73 bits per heavy atom. The van der Waals surface area contributed by atoms with Gasteiger partial charge in [0.1, 0.15) is 5.75 Å². The fourth-order valence-corrected chi connectivity index (χ4v) is 2.62. The van der Waals surface area contributed by atoms with Crippen LogP contribution in [-0.2, 0) is 9.53 Å². The predicted octanol–water partition coefficient (Wildman–Crippen LogP) is 3.81. The van der Waals surface area contributed by atoms with Crippen molar-refractivity contribution in [1.29, 1.82) is 0 Å². The van der Waals surface area contributed by atoms with E-state index in [2.05, 4.69) is 0 Å². The molecule has 3 rings (SSSR count). The number of carbonyl (C=O) groups is 1. The molecule has 3 nitrogen and oxygen atoms in total. The molecule has 0 fully saturated rings. The Bertz CT molecular complexity index is 785. The van der Waals surface area contributed by atoms with Gasteiger partial charge in [0.2, 0.25) is 0 Å². The molecule has 0 aliphatic heterocycles. The van der Waals surface area contributed by atoms with Gasteiger partial charge in [-0.3, -0.25) is 0 Å². The first kappa shape index (κ1) is 14.1. The van der Waals surface area contributed by atoms with Gasteiger partial charge < -0.3 is 9.47 Å². The molecule has 2 aromatic rings. The highest BCUT2D eigenvalue weighted by Gasteiger charge is 2.24. The van der Waals surface area contributed by atoms with E-state index in [9.17, 15) is 4.79 Å². The van der Waals surface area contributed by atoms with Crippen molar-refractivity contribution in [1.82, 2.24) is 0 Å². The van der Waals surface area contributed by atoms with Crippen LogP contribution in [0.3, 0.4) is 0 Å². The largest absolute Gasteiger partial charge is 0.496 e. The van der Waals surface area contributed by atoms with E-state index in [-0.39, 0.29) is 5.97 Å². The standard InChI is InChI=1S/C19H16O3/c1-21-18-10-6-4-8-14(18)12-16-15-9-5-3-7-13(15)11-17(16)19(20)22-2/h3-12H,1-2H3/b16-12-. The van der Waals surface area contributed by atoms with Gasteiger partial charge >= 0.3 is 5.97 Å². The molecule has 0 amide bonds. The van der Waals surface area contributed by atoms with Gasteiger partial charge in [0, 0.05) is 5.56 Å². The lowest BCUT2D eigenvalue weighted by molar-refractivity contribution is -0.135. The molecule has 0 unspecified atom stereocenters. The number of fused-ring (bicyclic) bond motifs is 1. The van der Waals surface area contributed by atoms with Crippen LogP contribution in [-0.4, -0.2) is 20.2 Å². The summed E-state index contributed by atoms with van der Waals surface area (Å²) < 4.78 is 10.3. The molecule has 0 N–H and O–H groups in total. The van der Waals surface area contributed by atoms with Gasteiger partial charge in [-0.15, -0.1) is 0 Å². The van der Waals surface area contributed by atoms with Crippen LogP contribution in [0, 0.1) is 0 Å². The minimum atomic E-state index is -0.336. The summed E-state index contributed by atoms with van der Waals surface area (Å²) in [6.45, 7) is 0. The maximum atomic E-state index is 12.1. The van der Waals surface area contributed by atoms with Crippen molar-refractivity contribution in [3.63, 3.8) is 0 Å². The number of hydrogen-bond donors (Lipinski definition) is 0. The molecule has 0 bridgehead atoms. The number of para-hydroxylation sites is 1. The van der Waals surface area contributed by atoms with Gasteiger partial charge in [-0.1, -0.05) is 42.5 Å². The van der Waals surface area contributed by atoms with Gasteiger partial charge in [0.05, 0.1) is 19.8 Å². The lowest BCUT2D eigenvalue weighted by Crippen LogP contribution is -2.04. The maximum absolute atomic E-state index is 12.1. The van der Waals surface area contributed by atoms with Crippen LogP contribution in [0.4, 0.5) is 0 Å². The topological polar surface area (TPSA) is 35.5 Å². The molecule has 110 valence electrons. The van der Waals surface area contributed by atoms with Crippen LogP contribution < -0.4 is 4.74 Å². The first-order valence-electron chi connectivity index (χ1n) is 6.99. The second-order valence-electron chi connectivity index (χ2n) is 4.94. The Morgan fingerprint density at radius 1 is 1.00 bits per heavy atom. The van der Waals surface area contributed by atoms with Gasteiger partial charge in [-0.05, 0) is 34.9 Å². The van der Waals surface area contributed by atoms with E-state index in [1.807, 2.05) is 60.7 Å². The number of ether oxygens (including phenoxy) is 2. The van der Waals surface area contributed by atoms with Gasteiger partial charge in [0.25, 0.3) is 0 Å². The molecular formula is C19H16O3. The number of methoxy groups -OCH3 is 2. The summed E-state index contributed by atoms with van der Waals surface area (Å²) in [6.07, 6.45) is 3.83. The zero-order chi connectivity index (χ0) is 15.5. The SMILES string of the molecule is COC(=O)C1=Cc2ccccc2/C1=C/c1ccccc1OC. The quantitative estimate of drug-likeness (QED) is 0.807. The number of rotatable bonds is 3. The zero-order valence-corrected chi connectivity index (χ0v) is 12.5. The number of carbonyl (C=O) groups excluding carboxylic acids is 1. The molecule has 1 aliphatic rings. The Hall–Kier alpha value is -2.81. The van der Waals surface area contributed by atoms with Crippen molar-refractivity contribution >= 4 is 23.7 Å². The summed E-state index contributed by atoms with van der Waals surface area (Å²) in [7, 11) is 3.03. The van der Waals surface area contributed by atoms with Crippen LogP contribution in [0.25, 0.3) is 17.7 Å². The molecule has 1 aliphatic carbocycles. The lowest BCUT2D eigenvalue weighted by atomic mass is 9.99. The lowest BCUT2D eigenvalue weighted by Gasteiger charge is -2.09. The molecule has 2 aromatic carbocycles. The molecule has 0 atom stereocenters. The van der Waals surface area contributed by atoms with Gasteiger partial charge in [-0.25, -0.2) is 4.79 Å². The van der Waals surface area contributed by atoms with Crippen molar-refractivity contribution in [2.45, 2.75) is 0 Å². The summed E-state index contributed by atoms with van der Waals surface area (Å²) in [5, 5.41) is 0. The normalized spacial score (nSPS) is 14.5. The first-order valence-corrected chi connectivity index (χ1v) is 6.99. The molecule has 0 radical (unpaired) electrons. The highest BCUT2D eigenvalue weighted by molar-refractivity contribution is 6.18. The minimum absolute atomic E-state index is 0.336. The summed E-state index contributed by atoms with van der Waals surface area (Å²) in [5.74, 6) is 0.431. The highest BCUT2D eigenvalue weighted by Crippen LogP contribution is 2.38. The third kappa shape index (κ3) is 2.42. The number of hydrogen-bond acceptors (Lipinski definition) is 3. The van der Waals surface area contributed by atoms with Crippen LogP contribution >= 0.6 is 0 Å². The third-order valence-electron chi connectivity index (χ3n) is 3.69. The van der Waals surface area contributed by atoms with E-state index in [1.165, 1.54) is 7.11 Å². The van der Waals surface area contributed by atoms with Crippen LogP contribution in [0.15, 0.2) is 54.1 Å². The smallest absolute Gasteiger partial charge is 0.338 e. The van der Waals surface area contributed by atoms with Crippen molar-refractivity contribution in [3.8, 4) is 5.75 Å². The van der Waals surface area contributed by atoms with E-state index >= 15 is 0 Å². The van der Waals surface area contributed by atoms with E-state index in [0.717, 1.165) is 28.0 Å². The Morgan fingerprint density at radius 3 is 2.50 bits per heavy atom. The zero-order valence-electron chi connectivity index (χ0n) is 12.5. The molecule has 0 spiro atoms. The fourth-order valence-electron chi connectivity index (χ4n) is 2.62. The second kappa shape index (κ2) is 5.90. The molecule has 0 aromatic heterocycles. The predicted molar refractivity (Wildman–Crippen MR) is 87.3 cm³/mol. The van der Waals surface area contributed by atoms with Gasteiger partial charge in [0.15, 0.2) is 0 Å². The average Bonchev–Trinajstić information content (AvgIpc) is 2.93. The van der Waals surface area contributed by atoms with Crippen LogP contribution in [0.1, 0.15) is 16.7 Å². The Labute approximate surface area is 129 Å². The summed E-state index contributed by atoms with van der Waals surface area (Å²) in [4.78, 5) is 12.1. The number of benzene rings is 2. The summed E-state index contributed by atoms with van der Waals surface area (Å²) in [5.41, 5.74) is 4.38. The van der Waals surface area contributed by atoms with E-state index in [4.69, 9.17) is 9.47 Å². The summed E-state index contributed by atoms with van der Waals surface area (Å²) in [6, 6.07) is 15.6. The summed E-state index contributed by atoms with van der Waals surface area (Å²) >= 11 is 0. The van der Waals surface area contributed by atoms with E-state index in [1.54, 1.807) is 7.11 Å². The fraction of sp³-hybridized carbons (Fsp3) is 0.105. The van der Waals surface area contributed by atoms with E-state index < -0.39 is 0 Å². The number of esters is 1. The van der Waals surface area contributed by atoms with Crippen molar-refractivity contribution in [3.05, 3.63) is 70.8 Å². The molecule has 0 saturated carbocycles. The van der Waals surface area contributed by atoms with Crippen molar-refractivity contribution < 1.29 is 14.3 Å². The Balaban J connectivity index is 2.16. The monoisotopic (exact) mass is 292 g/mol. The minimum Gasteiger partial charge on any atom is -0.496 e. The highest BCUT2D eigenvalue weighted by atomic mass is 16.5. The van der Waals surface area contributed by atoms with Crippen molar-refractivity contribution in [2.24, 2.45) is 0 Å². The average molecular weight is 292 g/mol. The molecule has 0 heterocycles. The second-order valence-corrected chi connectivity index (χ2v) is 4.94. The molecule has 3 heteroatoms. The van der Waals surface area contributed by atoms with Crippen molar-refractivity contribution in [2.75, 3.05) is 14.2 Å². The van der Waals surface area contributed by atoms with Gasteiger partial charge in [-0.2, -0.15) is 0 Å². The van der Waals surface area contributed by atoms with Crippen LogP contribution in [0.2, 0.25) is 0 Å². The molecular weight excluding hydrogens is 276 g/mol. The first-order chi connectivity index (χ1) is 10.7. The molecule has 22 heavy (non-hydrogen) atoms. The molecule has 0 saturated heterocycles. The third-order valence-corrected chi connectivity index (χ3v) is 3.69. The van der Waals surface area contributed by atoms with Crippen LogP contribution in [0.5, 0.6) is 5.75 Å². The maximum Gasteiger partial charge on any atom is 0.338 e.